The van der Waals surface area contributed by atoms with E-state index in [2.05, 4.69) is 10.6 Å². The van der Waals surface area contributed by atoms with Crippen LogP contribution in [0.5, 0.6) is 0 Å². The van der Waals surface area contributed by atoms with Crippen LogP contribution in [-0.2, 0) is 39.0 Å². The third-order valence-corrected chi connectivity index (χ3v) is 11.0. The lowest BCUT2D eigenvalue weighted by Crippen LogP contribution is -2.47. The Morgan fingerprint density at radius 3 is 2.49 bits per heavy atom. The molecule has 3 heterocycles. The van der Waals surface area contributed by atoms with Gasteiger partial charge in [-0.15, -0.1) is 0 Å². The van der Waals surface area contributed by atoms with Gasteiger partial charge in [0.1, 0.15) is 5.82 Å². The molecule has 1 saturated carbocycles. The van der Waals surface area contributed by atoms with Crippen LogP contribution in [0.3, 0.4) is 0 Å². The molecule has 0 saturated heterocycles. The molecule has 0 bridgehead atoms. The molecule has 8 N–H and O–H groups in total. The number of rotatable bonds is 10. The van der Waals surface area contributed by atoms with Crippen molar-refractivity contribution in [1.29, 1.82) is 0 Å². The summed E-state index contributed by atoms with van der Waals surface area (Å²) >= 11 is 0. The molecule has 236 valence electrons. The first-order chi connectivity index (χ1) is 20.3. The lowest BCUT2D eigenvalue weighted by Gasteiger charge is -2.32. The van der Waals surface area contributed by atoms with Gasteiger partial charge in [0, 0.05) is 23.3 Å². The number of nitrogens with two attached hydrogens (primary N) is 3. The molecule has 11 nitrogen and oxygen atoms in total. The number of carbonyl (C=O) groups is 2. The fourth-order valence-electron chi connectivity index (χ4n) is 6.82. The van der Waals surface area contributed by atoms with Crippen LogP contribution in [0.25, 0.3) is 5.69 Å². The van der Waals surface area contributed by atoms with Crippen LogP contribution < -0.4 is 27.8 Å². The summed E-state index contributed by atoms with van der Waals surface area (Å²) < 4.78 is 49.8. The number of hydrogen-bond donors (Lipinski definition) is 5. The van der Waals surface area contributed by atoms with Crippen molar-refractivity contribution in [2.45, 2.75) is 101 Å². The van der Waals surface area contributed by atoms with E-state index < -0.39 is 33.0 Å². The molecule has 43 heavy (non-hydrogen) atoms. The molecule has 2 amide bonds. The number of carbonyl (C=O) groups excluding carboxylic acids is 2. The molecule has 0 radical (unpaired) electrons. The maximum absolute atomic E-state index is 15.6. The molecule has 0 unspecified atom stereocenters. The summed E-state index contributed by atoms with van der Waals surface area (Å²) in [5.74, 6) is -1.83. The molecule has 1 aliphatic carbocycles. The van der Waals surface area contributed by atoms with Crippen LogP contribution in [0.2, 0.25) is 0 Å². The summed E-state index contributed by atoms with van der Waals surface area (Å²) in [4.78, 5) is 25.2. The number of ether oxygens (including phenoxy) is 1. The van der Waals surface area contributed by atoms with Gasteiger partial charge in [-0.05, 0) is 69.0 Å². The van der Waals surface area contributed by atoms with Gasteiger partial charge in [0.2, 0.25) is 5.91 Å². The maximum Gasteiger partial charge on any atom is 0.253 e. The Labute approximate surface area is 252 Å². The second-order valence-corrected chi connectivity index (χ2v) is 14.9. The number of fused-ring (bicyclic) bond motifs is 3. The SMILES string of the molecule is CC1(C)Cc2c(c3c(n2-c2cc(F)c(C(N)=O)c(NC4CCC(NC(=O)[C@@H](N)CCCCN)CC4)c2)COC3)S(=O)(=O)C1. The van der Waals surface area contributed by atoms with Crippen molar-refractivity contribution >= 4 is 27.3 Å². The van der Waals surface area contributed by atoms with Crippen molar-refractivity contribution in [2.24, 2.45) is 22.6 Å². The molecule has 2 aliphatic heterocycles. The normalized spacial score (nSPS) is 22.8. The monoisotopic (exact) mass is 618 g/mol. The molecule has 3 aliphatic rings. The van der Waals surface area contributed by atoms with Gasteiger partial charge < -0.3 is 37.1 Å². The Kier molecular flexibility index (Phi) is 8.90. The van der Waals surface area contributed by atoms with Crippen LogP contribution >= 0.6 is 0 Å². The largest absolute Gasteiger partial charge is 0.382 e. The molecule has 13 heteroatoms. The number of hydrogen-bond acceptors (Lipinski definition) is 8. The summed E-state index contributed by atoms with van der Waals surface area (Å²) in [5, 5.41) is 6.37. The van der Waals surface area contributed by atoms with Crippen molar-refractivity contribution in [1.82, 2.24) is 9.88 Å². The number of aromatic nitrogens is 1. The lowest BCUT2D eigenvalue weighted by molar-refractivity contribution is -0.123. The summed E-state index contributed by atoms with van der Waals surface area (Å²) in [6.45, 7) is 4.76. The van der Waals surface area contributed by atoms with Gasteiger partial charge in [-0.25, -0.2) is 12.8 Å². The smallest absolute Gasteiger partial charge is 0.253 e. The van der Waals surface area contributed by atoms with E-state index in [0.29, 0.717) is 67.7 Å². The quantitative estimate of drug-likeness (QED) is 0.251. The molecule has 1 fully saturated rings. The van der Waals surface area contributed by atoms with Crippen LogP contribution in [0.4, 0.5) is 10.1 Å². The van der Waals surface area contributed by atoms with Crippen molar-refractivity contribution < 1.29 is 27.1 Å². The topological polar surface area (TPSA) is 185 Å². The molecule has 1 aromatic heterocycles. The van der Waals surface area contributed by atoms with Crippen molar-refractivity contribution in [3.63, 3.8) is 0 Å². The number of primary amides is 1. The van der Waals surface area contributed by atoms with E-state index in [1.807, 2.05) is 13.8 Å². The predicted molar refractivity (Wildman–Crippen MR) is 161 cm³/mol. The Morgan fingerprint density at radius 2 is 1.81 bits per heavy atom. The van der Waals surface area contributed by atoms with Crippen molar-refractivity contribution in [2.75, 3.05) is 17.6 Å². The van der Waals surface area contributed by atoms with Gasteiger partial charge in [0.25, 0.3) is 5.91 Å². The van der Waals surface area contributed by atoms with E-state index in [4.69, 9.17) is 21.9 Å². The fourth-order valence-corrected chi connectivity index (χ4v) is 9.17. The molecule has 1 atom stereocenters. The first-order valence-corrected chi connectivity index (χ1v) is 16.7. The molecule has 1 aromatic carbocycles. The average molecular weight is 619 g/mol. The van der Waals surface area contributed by atoms with E-state index in [-0.39, 0.29) is 53.1 Å². The third kappa shape index (κ3) is 6.45. The summed E-state index contributed by atoms with van der Waals surface area (Å²) in [6, 6.07) is 2.22. The number of anilines is 1. The number of unbranched alkanes of at least 4 members (excludes halogenated alkanes) is 1. The van der Waals surface area contributed by atoms with Crippen LogP contribution in [-0.4, -0.2) is 55.2 Å². The lowest BCUT2D eigenvalue weighted by atomic mass is 9.89. The summed E-state index contributed by atoms with van der Waals surface area (Å²) in [5.41, 5.74) is 19.0. The van der Waals surface area contributed by atoms with Crippen molar-refractivity contribution in [3.8, 4) is 5.69 Å². The van der Waals surface area contributed by atoms with Gasteiger partial charge in [0.15, 0.2) is 9.84 Å². The highest BCUT2D eigenvalue weighted by molar-refractivity contribution is 7.91. The Bertz CT molecular complexity index is 1510. The van der Waals surface area contributed by atoms with Gasteiger partial charge >= 0.3 is 0 Å². The zero-order chi connectivity index (χ0) is 31.1. The van der Waals surface area contributed by atoms with Crippen LogP contribution in [0.15, 0.2) is 17.0 Å². The molecule has 5 rings (SSSR count). The number of sulfone groups is 1. The van der Waals surface area contributed by atoms with E-state index in [1.165, 1.54) is 6.07 Å². The highest BCUT2D eigenvalue weighted by atomic mass is 32.2. The zero-order valence-corrected chi connectivity index (χ0v) is 25.7. The fraction of sp³-hybridized carbons (Fsp3) is 0.600. The highest BCUT2D eigenvalue weighted by Crippen LogP contribution is 2.44. The second-order valence-electron chi connectivity index (χ2n) is 12.9. The van der Waals surface area contributed by atoms with Gasteiger partial charge in [-0.1, -0.05) is 20.3 Å². The maximum atomic E-state index is 15.6. The molecular formula is C30H43FN6O5S. The van der Waals surface area contributed by atoms with E-state index in [1.54, 1.807) is 10.6 Å². The van der Waals surface area contributed by atoms with Gasteiger partial charge in [-0.3, -0.25) is 9.59 Å². The van der Waals surface area contributed by atoms with E-state index in [9.17, 15) is 18.0 Å². The standard InChI is InChI=1S/C30H43FN6O5S/c1-30(2)13-24-27(43(40,41)16-30)20-14-42-15-25(20)37(24)19-11-21(31)26(28(34)38)23(12-19)35-17-6-8-18(9-7-17)36-29(39)22(33)5-3-4-10-32/h11-12,17-18,22,35H,3-10,13-16,32-33H2,1-2H3,(H2,34,38)(H,36,39)/t17?,18?,22-/m0/s1. The Balaban J connectivity index is 1.39. The van der Waals surface area contributed by atoms with Crippen LogP contribution in [0.1, 0.15) is 86.1 Å². The van der Waals surface area contributed by atoms with Crippen molar-refractivity contribution in [3.05, 3.63) is 40.5 Å². The summed E-state index contributed by atoms with van der Waals surface area (Å²) in [7, 11) is -3.58. The minimum Gasteiger partial charge on any atom is -0.382 e. The number of nitrogens with one attached hydrogen (secondary N) is 2. The number of halogens is 1. The van der Waals surface area contributed by atoms with Crippen LogP contribution in [0, 0.1) is 11.2 Å². The zero-order valence-electron chi connectivity index (χ0n) is 24.9. The summed E-state index contributed by atoms with van der Waals surface area (Å²) in [6.07, 6.45) is 5.43. The van der Waals surface area contributed by atoms with E-state index in [0.717, 1.165) is 12.8 Å². The minimum absolute atomic E-state index is 0.0224. The number of amides is 2. The highest BCUT2D eigenvalue weighted by Gasteiger charge is 2.43. The van der Waals surface area contributed by atoms with E-state index >= 15 is 4.39 Å². The first-order valence-electron chi connectivity index (χ1n) is 15.0. The number of nitrogens with zero attached hydrogens (tertiary/aromatic N) is 1. The molecule has 0 spiro atoms. The first kappa shape index (κ1) is 31.4. The molecule has 2 aromatic rings. The minimum atomic E-state index is -3.58. The Morgan fingerprint density at radius 1 is 1.12 bits per heavy atom. The third-order valence-electron chi connectivity index (χ3n) is 8.77. The second kappa shape index (κ2) is 12.2. The average Bonchev–Trinajstić information content (AvgIpc) is 3.48. The van der Waals surface area contributed by atoms with Gasteiger partial charge in [0.05, 0.1) is 52.5 Å². The Hall–Kier alpha value is -3.00. The predicted octanol–water partition coefficient (Wildman–Crippen LogP) is 2.40. The van der Waals surface area contributed by atoms with Gasteiger partial charge in [-0.2, -0.15) is 0 Å². The number of benzene rings is 1. The molecular weight excluding hydrogens is 575 g/mol.